The van der Waals surface area contributed by atoms with Crippen molar-refractivity contribution >= 4 is 23.9 Å². The predicted molar refractivity (Wildman–Crippen MR) is 340 cm³/mol. The normalized spacial score (nSPS) is 17.8. The number of carbonyl (C=O) groups excluding carboxylic acids is 3. The first kappa shape index (κ1) is 77.7. The number of carbonyl (C=O) groups is 4. The molecule has 482 valence electrons. The molecule has 0 aliphatic carbocycles. The zero-order valence-electron chi connectivity index (χ0n) is 53.5. The first-order valence-corrected chi connectivity index (χ1v) is 34.6. The van der Waals surface area contributed by atoms with Gasteiger partial charge in [0.05, 0.1) is 6.61 Å². The van der Waals surface area contributed by atoms with Crippen LogP contribution >= 0.6 is 0 Å². The second kappa shape index (κ2) is 59.0. The number of unbranched alkanes of at least 4 members (excludes halogenated alkanes) is 38. The summed E-state index contributed by atoms with van der Waals surface area (Å²) in [5.41, 5.74) is 0. The van der Waals surface area contributed by atoms with E-state index in [9.17, 15) is 34.5 Å². The Kier molecular flexibility index (Phi) is 55.3. The van der Waals surface area contributed by atoms with Crippen LogP contribution in [-0.2, 0) is 42.9 Å². The number of allylic oxidation sites excluding steroid dienone is 8. The molecule has 0 aromatic carbocycles. The molecule has 1 heterocycles. The highest BCUT2D eigenvalue weighted by Crippen LogP contribution is 2.27. The van der Waals surface area contributed by atoms with Crippen LogP contribution in [0.15, 0.2) is 48.6 Å². The zero-order chi connectivity index (χ0) is 60.3. The molecule has 1 rings (SSSR count). The Hall–Kier alpha value is -3.32. The average Bonchev–Trinajstić information content (AvgIpc) is 3.60. The molecular weight excluding hydrogens is 1040 g/mol. The molecule has 1 saturated heterocycles. The SMILES string of the molecule is CCCCC/C=C\C/C=C\CCCCCCCCCCCC(=O)OC1C(OCC(COC(=O)CCCCCCCCCCCCCCCCCCCCC)OC(=O)CCCCCCC/C=C\C/C=C\CCCCC)OC(C(=O)O)C(O)C1O. The minimum absolute atomic E-state index is 0.0560. The van der Waals surface area contributed by atoms with E-state index in [0.717, 1.165) is 103 Å². The maximum Gasteiger partial charge on any atom is 0.335 e. The molecule has 0 spiro atoms. The third-order valence-corrected chi connectivity index (χ3v) is 15.9. The van der Waals surface area contributed by atoms with E-state index in [1.807, 2.05) is 0 Å². The summed E-state index contributed by atoms with van der Waals surface area (Å²) in [7, 11) is 0. The van der Waals surface area contributed by atoms with E-state index in [0.29, 0.717) is 19.3 Å². The molecule has 12 heteroatoms. The first-order chi connectivity index (χ1) is 40.6. The van der Waals surface area contributed by atoms with E-state index in [1.54, 1.807) is 0 Å². The molecule has 0 amide bonds. The van der Waals surface area contributed by atoms with Gasteiger partial charge in [-0.15, -0.1) is 0 Å². The summed E-state index contributed by atoms with van der Waals surface area (Å²) in [4.78, 5) is 51.4. The van der Waals surface area contributed by atoms with Gasteiger partial charge in [0.1, 0.15) is 18.8 Å². The van der Waals surface area contributed by atoms with Crippen LogP contribution in [0.1, 0.15) is 329 Å². The summed E-state index contributed by atoms with van der Waals surface area (Å²) in [6.07, 6.45) is 60.6. The Morgan fingerprint density at radius 2 is 0.723 bits per heavy atom. The zero-order valence-corrected chi connectivity index (χ0v) is 53.5. The number of aliphatic hydroxyl groups is 2. The van der Waals surface area contributed by atoms with Gasteiger partial charge in [0.15, 0.2) is 24.6 Å². The molecule has 0 aromatic rings. The number of ether oxygens (including phenoxy) is 5. The number of carboxylic acids is 1. The Bertz CT molecular complexity index is 1630. The number of carboxylic acid groups (broad SMARTS) is 1. The summed E-state index contributed by atoms with van der Waals surface area (Å²) < 4.78 is 28.6. The lowest BCUT2D eigenvalue weighted by molar-refractivity contribution is -0.301. The van der Waals surface area contributed by atoms with Gasteiger partial charge in [-0.05, 0) is 83.5 Å². The van der Waals surface area contributed by atoms with Crippen molar-refractivity contribution in [3.63, 3.8) is 0 Å². The minimum Gasteiger partial charge on any atom is -0.479 e. The first-order valence-electron chi connectivity index (χ1n) is 34.6. The number of hydrogen-bond donors (Lipinski definition) is 3. The van der Waals surface area contributed by atoms with Crippen molar-refractivity contribution in [3.05, 3.63) is 48.6 Å². The maximum atomic E-state index is 13.2. The molecule has 6 unspecified atom stereocenters. The summed E-state index contributed by atoms with van der Waals surface area (Å²) >= 11 is 0. The highest BCUT2D eigenvalue weighted by Gasteiger charge is 2.50. The number of aliphatic carboxylic acids is 1. The summed E-state index contributed by atoms with van der Waals surface area (Å²) in [5.74, 6) is -3.11. The summed E-state index contributed by atoms with van der Waals surface area (Å²) in [5, 5.41) is 31.6. The molecule has 3 N–H and O–H groups in total. The van der Waals surface area contributed by atoms with E-state index in [-0.39, 0.29) is 25.9 Å². The van der Waals surface area contributed by atoms with E-state index in [1.165, 1.54) is 167 Å². The molecule has 1 aliphatic heterocycles. The van der Waals surface area contributed by atoms with Crippen molar-refractivity contribution in [2.75, 3.05) is 13.2 Å². The second-order valence-corrected chi connectivity index (χ2v) is 23.8. The molecule has 0 bridgehead atoms. The fourth-order valence-electron chi connectivity index (χ4n) is 10.5. The third-order valence-electron chi connectivity index (χ3n) is 15.9. The topological polar surface area (TPSA) is 175 Å². The highest BCUT2D eigenvalue weighted by atomic mass is 16.7. The van der Waals surface area contributed by atoms with Crippen LogP contribution in [0, 0.1) is 0 Å². The van der Waals surface area contributed by atoms with Gasteiger partial charge in [-0.2, -0.15) is 0 Å². The van der Waals surface area contributed by atoms with Crippen LogP contribution in [0.5, 0.6) is 0 Å². The number of hydrogen-bond acceptors (Lipinski definition) is 11. The summed E-state index contributed by atoms with van der Waals surface area (Å²) in [6, 6.07) is 0. The molecule has 0 radical (unpaired) electrons. The fourth-order valence-corrected chi connectivity index (χ4v) is 10.5. The van der Waals surface area contributed by atoms with Crippen LogP contribution in [0.25, 0.3) is 0 Å². The molecular formula is C71H126O12. The van der Waals surface area contributed by atoms with Crippen molar-refractivity contribution in [1.29, 1.82) is 0 Å². The lowest BCUT2D eigenvalue weighted by atomic mass is 9.98. The van der Waals surface area contributed by atoms with Gasteiger partial charge < -0.3 is 39.0 Å². The van der Waals surface area contributed by atoms with Gasteiger partial charge in [-0.3, -0.25) is 14.4 Å². The molecule has 0 aromatic heterocycles. The van der Waals surface area contributed by atoms with Gasteiger partial charge in [-0.25, -0.2) is 4.79 Å². The van der Waals surface area contributed by atoms with Gasteiger partial charge in [0.25, 0.3) is 0 Å². The largest absolute Gasteiger partial charge is 0.479 e. The van der Waals surface area contributed by atoms with Crippen LogP contribution < -0.4 is 0 Å². The Morgan fingerprint density at radius 1 is 0.398 bits per heavy atom. The van der Waals surface area contributed by atoms with Gasteiger partial charge in [0.2, 0.25) is 0 Å². The number of esters is 3. The van der Waals surface area contributed by atoms with Crippen LogP contribution in [0.2, 0.25) is 0 Å². The van der Waals surface area contributed by atoms with E-state index < -0.39 is 67.3 Å². The molecule has 0 saturated carbocycles. The molecule has 1 aliphatic rings. The second-order valence-electron chi connectivity index (χ2n) is 23.8. The third kappa shape index (κ3) is 48.5. The number of rotatable bonds is 60. The van der Waals surface area contributed by atoms with Gasteiger partial charge >= 0.3 is 23.9 Å². The molecule has 12 nitrogen and oxygen atoms in total. The Morgan fingerprint density at radius 3 is 1.11 bits per heavy atom. The maximum absolute atomic E-state index is 13.2. The standard InChI is InChI=1S/C71H126O12/c1-4-7-10-13-16-19-22-25-28-30-32-34-37-39-42-45-48-51-54-57-63(72)79-60-62(81-64(73)58-55-52-49-46-43-40-36-27-24-21-18-15-12-9-6-3)61-80-71-69(67(76)66(75)68(83-71)70(77)78)82-65(74)59-56-53-50-47-44-41-38-35-33-31-29-26-23-20-17-14-11-8-5-2/h17-18,20-21,26-27,29,36,62,66-69,71,75-76H,4-16,19,22-25,28,30-35,37-61H2,1-3H3,(H,77,78)/b20-17-,21-18-,29-26-,36-27-. The monoisotopic (exact) mass is 1170 g/mol. The average molecular weight is 1170 g/mol. The van der Waals surface area contributed by atoms with Crippen molar-refractivity contribution in [1.82, 2.24) is 0 Å². The minimum atomic E-state index is -1.91. The number of aliphatic hydroxyl groups excluding tert-OH is 2. The smallest absolute Gasteiger partial charge is 0.335 e. The lowest BCUT2D eigenvalue weighted by Crippen LogP contribution is -2.61. The van der Waals surface area contributed by atoms with E-state index in [4.69, 9.17) is 23.7 Å². The molecule has 83 heavy (non-hydrogen) atoms. The fraction of sp³-hybridized carbons (Fsp3) is 0.831. The Labute approximate surface area is 507 Å². The summed E-state index contributed by atoms with van der Waals surface area (Å²) in [6.45, 7) is 5.99. The van der Waals surface area contributed by atoms with E-state index >= 15 is 0 Å². The predicted octanol–water partition coefficient (Wildman–Crippen LogP) is 18.9. The van der Waals surface area contributed by atoms with Crippen molar-refractivity contribution in [2.24, 2.45) is 0 Å². The van der Waals surface area contributed by atoms with Gasteiger partial charge in [-0.1, -0.05) is 275 Å². The van der Waals surface area contributed by atoms with Crippen LogP contribution in [-0.4, -0.2) is 89.2 Å². The highest BCUT2D eigenvalue weighted by molar-refractivity contribution is 5.74. The van der Waals surface area contributed by atoms with Crippen molar-refractivity contribution in [3.8, 4) is 0 Å². The Balaban J connectivity index is 2.62. The molecule has 6 atom stereocenters. The lowest BCUT2D eigenvalue weighted by Gasteiger charge is -2.40. The van der Waals surface area contributed by atoms with Gasteiger partial charge in [0, 0.05) is 19.3 Å². The van der Waals surface area contributed by atoms with Crippen LogP contribution in [0.3, 0.4) is 0 Å². The van der Waals surface area contributed by atoms with Crippen LogP contribution in [0.4, 0.5) is 0 Å². The van der Waals surface area contributed by atoms with Crippen molar-refractivity contribution < 1.29 is 58.2 Å². The quantitative estimate of drug-likeness (QED) is 0.0228. The molecule has 1 fully saturated rings. The van der Waals surface area contributed by atoms with E-state index in [2.05, 4.69) is 69.4 Å². The van der Waals surface area contributed by atoms with Crippen molar-refractivity contribution in [2.45, 2.75) is 366 Å².